The van der Waals surface area contributed by atoms with Gasteiger partial charge < -0.3 is 0 Å². The van der Waals surface area contributed by atoms with Crippen LogP contribution in [-0.2, 0) is 0 Å². The standard InChI is InChI=1S/C14H11BrNS2/c1-16(11-5-3-2-4-6-11)14-17-12-8-7-10(15)9-13(12)18-14/h2-9H,1H3/q+1. The van der Waals surface area contributed by atoms with E-state index in [0.29, 0.717) is 0 Å². The number of halogens is 1. The first-order valence-electron chi connectivity index (χ1n) is 5.55. The van der Waals surface area contributed by atoms with Crippen molar-refractivity contribution in [2.75, 3.05) is 7.05 Å². The molecule has 90 valence electrons. The van der Waals surface area contributed by atoms with Crippen molar-refractivity contribution in [2.24, 2.45) is 0 Å². The molecule has 2 aromatic carbocycles. The Kier molecular flexibility index (Phi) is 3.33. The Labute approximate surface area is 122 Å². The van der Waals surface area contributed by atoms with E-state index in [1.165, 1.54) is 19.1 Å². The molecule has 0 aliphatic carbocycles. The Bertz CT molecular complexity index is 756. The number of rotatable bonds is 1. The lowest BCUT2D eigenvalue weighted by molar-refractivity contribution is 0.931. The Morgan fingerprint density at radius 1 is 0.944 bits per heavy atom. The van der Waals surface area contributed by atoms with E-state index in [0.717, 1.165) is 4.47 Å². The van der Waals surface area contributed by atoms with E-state index < -0.39 is 0 Å². The fourth-order valence-electron chi connectivity index (χ4n) is 1.75. The molecule has 0 bridgehead atoms. The molecule has 1 nitrogen and oxygen atoms in total. The van der Waals surface area contributed by atoms with Gasteiger partial charge in [0.2, 0.25) is 5.69 Å². The summed E-state index contributed by atoms with van der Waals surface area (Å²) in [6, 6.07) is 16.9. The number of benzene rings is 2. The third kappa shape index (κ3) is 2.28. The summed E-state index contributed by atoms with van der Waals surface area (Å²) >= 11 is 7.18. The van der Waals surface area contributed by atoms with Crippen LogP contribution in [0.5, 0.6) is 0 Å². The van der Waals surface area contributed by atoms with Gasteiger partial charge in [-0.15, -0.1) is 0 Å². The lowest BCUT2D eigenvalue weighted by Crippen LogP contribution is -2.14. The van der Waals surface area contributed by atoms with Gasteiger partial charge in [0, 0.05) is 16.6 Å². The van der Waals surface area contributed by atoms with Crippen molar-refractivity contribution in [2.45, 2.75) is 0 Å². The zero-order chi connectivity index (χ0) is 12.5. The fourth-order valence-corrected chi connectivity index (χ4v) is 4.73. The zero-order valence-electron chi connectivity index (χ0n) is 9.76. The second-order valence-electron chi connectivity index (χ2n) is 3.96. The van der Waals surface area contributed by atoms with Crippen LogP contribution in [0.2, 0.25) is 0 Å². The van der Waals surface area contributed by atoms with Gasteiger partial charge in [-0.3, -0.25) is 0 Å². The third-order valence-corrected chi connectivity index (χ3v) is 5.87. The highest BCUT2D eigenvalue weighted by Gasteiger charge is 2.08. The maximum atomic E-state index is 3.52. The molecule has 0 amide bonds. The molecule has 0 radical (unpaired) electrons. The number of para-hydroxylation sites is 1. The van der Waals surface area contributed by atoms with Gasteiger partial charge >= 0.3 is 3.98 Å². The number of nitrogens with zero attached hydrogens (tertiary/aromatic N) is 1. The lowest BCUT2D eigenvalue weighted by Gasteiger charge is -1.91. The van der Waals surface area contributed by atoms with Crippen molar-refractivity contribution in [1.29, 1.82) is 0 Å². The van der Waals surface area contributed by atoms with E-state index in [1.54, 1.807) is 0 Å². The van der Waals surface area contributed by atoms with E-state index in [1.807, 2.05) is 28.7 Å². The van der Waals surface area contributed by atoms with Gasteiger partial charge in [0.25, 0.3) is 0 Å². The molecular formula is C14H11BrNS2+. The third-order valence-electron chi connectivity index (χ3n) is 2.72. The predicted molar refractivity (Wildman–Crippen MR) is 84.7 cm³/mol. The van der Waals surface area contributed by atoms with E-state index in [-0.39, 0.29) is 0 Å². The van der Waals surface area contributed by atoms with Crippen LogP contribution in [0.25, 0.3) is 9.40 Å². The molecule has 4 heteroatoms. The molecule has 0 spiro atoms. The molecular weight excluding hydrogens is 326 g/mol. The molecule has 1 aromatic heterocycles. The largest absolute Gasteiger partial charge is 0.320 e. The zero-order valence-corrected chi connectivity index (χ0v) is 13.0. The maximum Gasteiger partial charge on any atom is 0.320 e. The van der Waals surface area contributed by atoms with Crippen molar-refractivity contribution in [3.8, 4) is 0 Å². The van der Waals surface area contributed by atoms with Crippen molar-refractivity contribution in [3.63, 3.8) is 0 Å². The number of hydrogen-bond donors (Lipinski definition) is 0. The quantitative estimate of drug-likeness (QED) is 0.577. The van der Waals surface area contributed by atoms with Crippen LogP contribution >= 0.6 is 38.6 Å². The van der Waals surface area contributed by atoms with Crippen LogP contribution in [0.15, 0.2) is 53.0 Å². The molecule has 0 fully saturated rings. The summed E-state index contributed by atoms with van der Waals surface area (Å²) in [6.45, 7) is 0. The Morgan fingerprint density at radius 3 is 2.44 bits per heavy atom. The van der Waals surface area contributed by atoms with Gasteiger partial charge in [0.05, 0.1) is 9.40 Å². The molecule has 18 heavy (non-hydrogen) atoms. The lowest BCUT2D eigenvalue weighted by atomic mass is 10.3. The van der Waals surface area contributed by atoms with Gasteiger partial charge in [-0.1, -0.05) is 56.8 Å². The summed E-state index contributed by atoms with van der Waals surface area (Å²) in [5, 5.41) is 0. The smallest absolute Gasteiger partial charge is 0.177 e. The second-order valence-corrected chi connectivity index (χ2v) is 7.19. The highest BCUT2D eigenvalue weighted by molar-refractivity contribution is 9.10. The van der Waals surface area contributed by atoms with Gasteiger partial charge in [-0.25, -0.2) is 0 Å². The van der Waals surface area contributed by atoms with Crippen LogP contribution in [0.4, 0.5) is 5.69 Å². The van der Waals surface area contributed by atoms with Crippen molar-refractivity contribution in [3.05, 3.63) is 57.0 Å². The van der Waals surface area contributed by atoms with Crippen LogP contribution < -0.4 is 8.56 Å². The van der Waals surface area contributed by atoms with E-state index >= 15 is 0 Å². The first kappa shape index (κ1) is 12.1. The van der Waals surface area contributed by atoms with Crippen LogP contribution in [0, 0.1) is 0 Å². The highest BCUT2D eigenvalue weighted by Crippen LogP contribution is 2.25. The molecule has 3 rings (SSSR count). The van der Waals surface area contributed by atoms with Gasteiger partial charge in [-0.05, 0) is 18.2 Å². The molecule has 0 unspecified atom stereocenters. The van der Waals surface area contributed by atoms with Gasteiger partial charge in [0.15, 0.2) is 0 Å². The van der Waals surface area contributed by atoms with Gasteiger partial charge in [-0.2, -0.15) is 4.58 Å². The van der Waals surface area contributed by atoms with E-state index in [2.05, 4.69) is 70.0 Å². The second kappa shape index (κ2) is 4.96. The summed E-state index contributed by atoms with van der Waals surface area (Å²) in [7, 11) is 2.12. The number of hydrogen-bond acceptors (Lipinski definition) is 2. The monoisotopic (exact) mass is 336 g/mol. The summed E-state index contributed by atoms with van der Waals surface area (Å²) < 4.78 is 7.34. The topological polar surface area (TPSA) is 3.01 Å². The van der Waals surface area contributed by atoms with E-state index in [9.17, 15) is 0 Å². The Hall–Kier alpha value is -0.970. The minimum Gasteiger partial charge on any atom is -0.177 e. The first-order valence-corrected chi connectivity index (χ1v) is 7.97. The molecule has 0 aliphatic rings. The Morgan fingerprint density at radius 2 is 1.67 bits per heavy atom. The maximum absolute atomic E-state index is 3.52. The first-order chi connectivity index (χ1) is 8.74. The summed E-state index contributed by atoms with van der Waals surface area (Å²) in [5.41, 5.74) is 1.22. The van der Waals surface area contributed by atoms with Crippen LogP contribution in [0.1, 0.15) is 0 Å². The minimum atomic E-state index is 1.14. The minimum absolute atomic E-state index is 1.14. The molecule has 0 N–H and O–H groups in total. The molecule has 0 saturated carbocycles. The normalized spacial score (nSPS) is 12.8. The SMILES string of the molecule is C[N+](c1ccccc1)=c1sc2ccc(Br)cc2s1. The number of fused-ring (bicyclic) bond motifs is 1. The highest BCUT2D eigenvalue weighted by atomic mass is 79.9. The average Bonchev–Trinajstić information content (AvgIpc) is 2.81. The van der Waals surface area contributed by atoms with Crippen molar-refractivity contribution < 1.29 is 0 Å². The molecule has 3 aromatic rings. The summed E-state index contributed by atoms with van der Waals surface area (Å²) in [4.78, 5) is 0. The molecule has 1 heterocycles. The summed E-state index contributed by atoms with van der Waals surface area (Å²) in [6.07, 6.45) is 0. The summed E-state index contributed by atoms with van der Waals surface area (Å²) in [5.74, 6) is 0. The van der Waals surface area contributed by atoms with Gasteiger partial charge in [0.1, 0.15) is 7.05 Å². The molecule has 0 saturated heterocycles. The van der Waals surface area contributed by atoms with Crippen LogP contribution in [0.3, 0.4) is 0 Å². The van der Waals surface area contributed by atoms with E-state index in [4.69, 9.17) is 0 Å². The average molecular weight is 337 g/mol. The van der Waals surface area contributed by atoms with Crippen molar-refractivity contribution >= 4 is 53.7 Å². The Balaban J connectivity index is 2.25. The van der Waals surface area contributed by atoms with Crippen LogP contribution in [-0.4, -0.2) is 7.05 Å². The molecule has 0 aliphatic heterocycles. The molecule has 0 atom stereocenters. The fraction of sp³-hybridized carbons (Fsp3) is 0.0714. The van der Waals surface area contributed by atoms with Crippen molar-refractivity contribution in [1.82, 2.24) is 4.58 Å². The predicted octanol–water partition coefficient (Wildman–Crippen LogP) is 4.46.